The van der Waals surface area contributed by atoms with Crippen LogP contribution in [0.15, 0.2) is 40.2 Å². The molecule has 4 nitrogen and oxygen atoms in total. The van der Waals surface area contributed by atoms with E-state index >= 15 is 0 Å². The molecule has 0 spiro atoms. The average molecular weight is 357 g/mol. The lowest BCUT2D eigenvalue weighted by Crippen LogP contribution is -2.28. The molecule has 108 valence electrons. The predicted molar refractivity (Wildman–Crippen MR) is 85.0 cm³/mol. The number of rotatable bonds is 7. The zero-order valence-electron chi connectivity index (χ0n) is 11.1. The number of nitrogens with one attached hydrogen (secondary N) is 1. The van der Waals surface area contributed by atoms with Crippen molar-refractivity contribution in [2.24, 2.45) is 5.84 Å². The van der Waals surface area contributed by atoms with E-state index in [1.54, 1.807) is 18.4 Å². The molecule has 0 saturated heterocycles. The van der Waals surface area contributed by atoms with Crippen molar-refractivity contribution in [1.29, 1.82) is 0 Å². The normalized spacial score (nSPS) is 12.3. The molecule has 1 atom stereocenters. The van der Waals surface area contributed by atoms with E-state index in [9.17, 15) is 0 Å². The van der Waals surface area contributed by atoms with Crippen molar-refractivity contribution < 1.29 is 9.47 Å². The summed E-state index contributed by atoms with van der Waals surface area (Å²) in [4.78, 5) is 1.13. The largest absolute Gasteiger partial charge is 0.491 e. The zero-order chi connectivity index (χ0) is 14.4. The summed E-state index contributed by atoms with van der Waals surface area (Å²) in [6, 6.07) is 11.8. The SMILES string of the molecule is COCCOc1ccccc1C(NN)c1ccc(Br)s1. The molecule has 3 N–H and O–H groups in total. The molecule has 1 aromatic heterocycles. The zero-order valence-corrected chi connectivity index (χ0v) is 13.5. The summed E-state index contributed by atoms with van der Waals surface area (Å²) >= 11 is 5.12. The molecule has 6 heteroatoms. The first-order valence-electron chi connectivity index (χ1n) is 6.18. The number of thiophene rings is 1. The summed E-state index contributed by atoms with van der Waals surface area (Å²) in [6.07, 6.45) is 0. The molecule has 0 radical (unpaired) electrons. The number of para-hydroxylation sites is 1. The minimum atomic E-state index is -0.0926. The van der Waals surface area contributed by atoms with Crippen LogP contribution in [0.3, 0.4) is 0 Å². The highest BCUT2D eigenvalue weighted by molar-refractivity contribution is 9.11. The predicted octanol–water partition coefficient (Wildman–Crippen LogP) is 3.09. The van der Waals surface area contributed by atoms with Crippen LogP contribution < -0.4 is 16.0 Å². The third-order valence-electron chi connectivity index (χ3n) is 2.82. The van der Waals surface area contributed by atoms with Gasteiger partial charge in [0.1, 0.15) is 12.4 Å². The van der Waals surface area contributed by atoms with Crippen LogP contribution in [0.25, 0.3) is 0 Å². The Morgan fingerprint density at radius 1 is 1.25 bits per heavy atom. The number of ether oxygens (including phenoxy) is 2. The number of halogens is 1. The van der Waals surface area contributed by atoms with Crippen LogP contribution >= 0.6 is 27.3 Å². The molecule has 1 heterocycles. The van der Waals surface area contributed by atoms with Crippen molar-refractivity contribution in [3.63, 3.8) is 0 Å². The van der Waals surface area contributed by atoms with Crippen LogP contribution in [0.1, 0.15) is 16.5 Å². The molecule has 0 aliphatic carbocycles. The van der Waals surface area contributed by atoms with Crippen LogP contribution in [-0.4, -0.2) is 20.3 Å². The van der Waals surface area contributed by atoms with Gasteiger partial charge in [-0.3, -0.25) is 5.84 Å². The van der Waals surface area contributed by atoms with Gasteiger partial charge in [-0.25, -0.2) is 5.43 Å². The van der Waals surface area contributed by atoms with Crippen molar-refractivity contribution in [2.75, 3.05) is 20.3 Å². The molecule has 2 aromatic rings. The lowest BCUT2D eigenvalue weighted by atomic mass is 10.0. The Kier molecular flexibility index (Phi) is 6.00. The lowest BCUT2D eigenvalue weighted by molar-refractivity contribution is 0.145. The topological polar surface area (TPSA) is 56.5 Å². The number of benzene rings is 1. The molecule has 0 aliphatic heterocycles. The lowest BCUT2D eigenvalue weighted by Gasteiger charge is -2.18. The Balaban J connectivity index is 2.25. The Labute approximate surface area is 131 Å². The second-order valence-electron chi connectivity index (χ2n) is 4.12. The van der Waals surface area contributed by atoms with E-state index in [-0.39, 0.29) is 6.04 Å². The monoisotopic (exact) mass is 356 g/mol. The van der Waals surface area contributed by atoms with Gasteiger partial charge in [0.2, 0.25) is 0 Å². The molecule has 0 amide bonds. The number of hydrogen-bond acceptors (Lipinski definition) is 5. The number of hydrogen-bond donors (Lipinski definition) is 2. The van der Waals surface area contributed by atoms with E-state index in [0.29, 0.717) is 13.2 Å². The first-order chi connectivity index (χ1) is 9.76. The van der Waals surface area contributed by atoms with E-state index in [1.807, 2.05) is 36.4 Å². The smallest absolute Gasteiger partial charge is 0.124 e. The van der Waals surface area contributed by atoms with Crippen LogP contribution in [0.2, 0.25) is 0 Å². The molecule has 0 saturated carbocycles. The van der Waals surface area contributed by atoms with Crippen LogP contribution in [-0.2, 0) is 4.74 Å². The minimum Gasteiger partial charge on any atom is -0.491 e. The number of methoxy groups -OCH3 is 1. The van der Waals surface area contributed by atoms with Gasteiger partial charge in [0.15, 0.2) is 0 Å². The molecule has 1 unspecified atom stereocenters. The highest BCUT2D eigenvalue weighted by Crippen LogP contribution is 2.34. The Morgan fingerprint density at radius 3 is 2.70 bits per heavy atom. The molecule has 2 rings (SSSR count). The van der Waals surface area contributed by atoms with Crippen molar-refractivity contribution in [3.05, 3.63) is 50.6 Å². The number of nitrogens with two attached hydrogens (primary N) is 1. The van der Waals surface area contributed by atoms with Crippen molar-refractivity contribution in [3.8, 4) is 5.75 Å². The fraction of sp³-hybridized carbons (Fsp3) is 0.286. The molecule has 0 aliphatic rings. The highest BCUT2D eigenvalue weighted by Gasteiger charge is 2.18. The van der Waals surface area contributed by atoms with E-state index in [2.05, 4.69) is 21.4 Å². The van der Waals surface area contributed by atoms with E-state index in [0.717, 1.165) is 20.0 Å². The molecule has 0 bridgehead atoms. The van der Waals surface area contributed by atoms with Gasteiger partial charge >= 0.3 is 0 Å². The third kappa shape index (κ3) is 3.80. The maximum Gasteiger partial charge on any atom is 0.124 e. The quantitative estimate of drug-likeness (QED) is 0.454. The van der Waals surface area contributed by atoms with Crippen molar-refractivity contribution >= 4 is 27.3 Å². The van der Waals surface area contributed by atoms with E-state index in [4.69, 9.17) is 15.3 Å². The fourth-order valence-corrected chi connectivity index (χ4v) is 3.40. The van der Waals surface area contributed by atoms with Crippen LogP contribution in [0.4, 0.5) is 0 Å². The second-order valence-corrected chi connectivity index (χ2v) is 6.62. The van der Waals surface area contributed by atoms with Gasteiger partial charge in [-0.15, -0.1) is 11.3 Å². The first kappa shape index (κ1) is 15.5. The maximum atomic E-state index is 5.76. The fourth-order valence-electron chi connectivity index (χ4n) is 1.89. The summed E-state index contributed by atoms with van der Waals surface area (Å²) in [6.45, 7) is 1.07. The maximum absolute atomic E-state index is 5.76. The molecule has 20 heavy (non-hydrogen) atoms. The van der Waals surface area contributed by atoms with Gasteiger partial charge in [-0.1, -0.05) is 18.2 Å². The molecular weight excluding hydrogens is 340 g/mol. The molecule has 0 fully saturated rings. The molecule has 1 aromatic carbocycles. The number of hydrazine groups is 1. The Morgan fingerprint density at radius 2 is 2.05 bits per heavy atom. The first-order valence-corrected chi connectivity index (χ1v) is 7.79. The van der Waals surface area contributed by atoms with Crippen molar-refractivity contribution in [2.45, 2.75) is 6.04 Å². The van der Waals surface area contributed by atoms with E-state index < -0.39 is 0 Å². The van der Waals surface area contributed by atoms with E-state index in [1.165, 1.54) is 0 Å². The van der Waals surface area contributed by atoms with Gasteiger partial charge in [0.25, 0.3) is 0 Å². The van der Waals surface area contributed by atoms with Gasteiger partial charge in [0.05, 0.1) is 16.4 Å². The highest BCUT2D eigenvalue weighted by atomic mass is 79.9. The standard InChI is InChI=1S/C14H17BrN2O2S/c1-18-8-9-19-11-5-3-2-4-10(11)14(17-16)12-6-7-13(15)20-12/h2-7,14,17H,8-9,16H2,1H3. The molecular formula is C14H17BrN2O2S. The Bertz CT molecular complexity index is 547. The van der Waals surface area contributed by atoms with Gasteiger partial charge in [-0.05, 0) is 34.1 Å². The van der Waals surface area contributed by atoms with Gasteiger partial charge in [0, 0.05) is 17.6 Å². The summed E-state index contributed by atoms with van der Waals surface area (Å²) < 4.78 is 11.8. The minimum absolute atomic E-state index is 0.0926. The summed E-state index contributed by atoms with van der Waals surface area (Å²) in [5.41, 5.74) is 3.87. The second kappa shape index (κ2) is 7.75. The third-order valence-corrected chi connectivity index (χ3v) is 4.51. The average Bonchev–Trinajstić information content (AvgIpc) is 2.88. The summed E-state index contributed by atoms with van der Waals surface area (Å²) in [5, 5.41) is 0. The van der Waals surface area contributed by atoms with Crippen LogP contribution in [0.5, 0.6) is 5.75 Å². The van der Waals surface area contributed by atoms with Gasteiger partial charge in [-0.2, -0.15) is 0 Å². The van der Waals surface area contributed by atoms with Crippen LogP contribution in [0, 0.1) is 0 Å². The van der Waals surface area contributed by atoms with Gasteiger partial charge < -0.3 is 9.47 Å². The van der Waals surface area contributed by atoms with Crippen molar-refractivity contribution in [1.82, 2.24) is 5.43 Å². The summed E-state index contributed by atoms with van der Waals surface area (Å²) in [7, 11) is 1.66. The summed E-state index contributed by atoms with van der Waals surface area (Å²) in [5.74, 6) is 6.55. The Hall–Kier alpha value is -0.920.